The standard InChI is InChI=1S/C15H21N3O3.ClH/c16-15(20)12-2-4-13(5-3-12)21-11-6-14(19)18-9-1-7-17-8-10-18;/h2-5,17H,1,6-11H2,(H2,16,20);1H. The second-order valence-corrected chi connectivity index (χ2v) is 4.97. The van der Waals surface area contributed by atoms with Gasteiger partial charge in [0.15, 0.2) is 0 Å². The fraction of sp³-hybridized carbons (Fsp3) is 0.467. The van der Waals surface area contributed by atoms with Gasteiger partial charge >= 0.3 is 0 Å². The van der Waals surface area contributed by atoms with E-state index in [1.54, 1.807) is 24.3 Å². The van der Waals surface area contributed by atoms with Crippen molar-refractivity contribution in [3.05, 3.63) is 29.8 Å². The number of ether oxygens (including phenoxy) is 1. The molecular weight excluding hydrogens is 306 g/mol. The van der Waals surface area contributed by atoms with Crippen LogP contribution in [-0.4, -0.2) is 49.5 Å². The van der Waals surface area contributed by atoms with Gasteiger partial charge < -0.3 is 20.7 Å². The number of amides is 2. The van der Waals surface area contributed by atoms with Gasteiger partial charge in [-0.05, 0) is 37.2 Å². The summed E-state index contributed by atoms with van der Waals surface area (Å²) in [6.07, 6.45) is 1.35. The molecule has 1 aromatic carbocycles. The summed E-state index contributed by atoms with van der Waals surface area (Å²) < 4.78 is 5.52. The molecule has 7 heteroatoms. The lowest BCUT2D eigenvalue weighted by Gasteiger charge is -2.19. The minimum Gasteiger partial charge on any atom is -0.493 e. The predicted octanol–water partition coefficient (Wildman–Crippen LogP) is 0.798. The lowest BCUT2D eigenvalue weighted by molar-refractivity contribution is -0.131. The largest absolute Gasteiger partial charge is 0.493 e. The van der Waals surface area contributed by atoms with Crippen molar-refractivity contribution in [1.82, 2.24) is 10.2 Å². The van der Waals surface area contributed by atoms with E-state index in [1.807, 2.05) is 4.90 Å². The van der Waals surface area contributed by atoms with Crippen LogP contribution < -0.4 is 15.8 Å². The zero-order valence-corrected chi connectivity index (χ0v) is 13.2. The summed E-state index contributed by atoms with van der Waals surface area (Å²) in [7, 11) is 0. The van der Waals surface area contributed by atoms with Crippen molar-refractivity contribution >= 4 is 24.2 Å². The Morgan fingerprint density at radius 1 is 1.18 bits per heavy atom. The van der Waals surface area contributed by atoms with Crippen molar-refractivity contribution in [3.63, 3.8) is 0 Å². The molecule has 0 radical (unpaired) electrons. The summed E-state index contributed by atoms with van der Waals surface area (Å²) in [5.74, 6) is 0.282. The Kier molecular flexibility index (Phi) is 7.70. The van der Waals surface area contributed by atoms with E-state index in [-0.39, 0.29) is 18.3 Å². The third kappa shape index (κ3) is 5.54. The van der Waals surface area contributed by atoms with Crippen molar-refractivity contribution in [2.45, 2.75) is 12.8 Å². The molecule has 6 nitrogen and oxygen atoms in total. The van der Waals surface area contributed by atoms with Crippen molar-refractivity contribution < 1.29 is 14.3 Å². The number of nitrogens with two attached hydrogens (primary N) is 1. The van der Waals surface area contributed by atoms with E-state index in [9.17, 15) is 9.59 Å². The SMILES string of the molecule is Cl.NC(=O)c1ccc(OCCC(=O)N2CCCNCC2)cc1. The molecule has 1 heterocycles. The molecule has 1 aromatic rings. The molecule has 1 fully saturated rings. The molecular formula is C15H22ClN3O3. The minimum absolute atomic E-state index is 0. The van der Waals surface area contributed by atoms with Crippen LogP contribution in [0.5, 0.6) is 5.75 Å². The number of carbonyl (C=O) groups is 2. The van der Waals surface area contributed by atoms with Crippen LogP contribution in [0, 0.1) is 0 Å². The fourth-order valence-electron chi connectivity index (χ4n) is 2.22. The van der Waals surface area contributed by atoms with Crippen LogP contribution in [0.25, 0.3) is 0 Å². The van der Waals surface area contributed by atoms with E-state index >= 15 is 0 Å². The van der Waals surface area contributed by atoms with Crippen LogP contribution in [-0.2, 0) is 4.79 Å². The quantitative estimate of drug-likeness (QED) is 0.837. The molecule has 0 aromatic heterocycles. The van der Waals surface area contributed by atoms with Crippen molar-refractivity contribution in [2.24, 2.45) is 5.73 Å². The number of halogens is 1. The highest BCUT2D eigenvalue weighted by Crippen LogP contribution is 2.12. The van der Waals surface area contributed by atoms with Gasteiger partial charge in [-0.25, -0.2) is 0 Å². The van der Waals surface area contributed by atoms with E-state index in [4.69, 9.17) is 10.5 Å². The Morgan fingerprint density at radius 2 is 1.91 bits per heavy atom. The number of nitrogens with zero attached hydrogens (tertiary/aromatic N) is 1. The monoisotopic (exact) mass is 327 g/mol. The van der Waals surface area contributed by atoms with Crippen molar-refractivity contribution in [1.29, 1.82) is 0 Å². The molecule has 0 unspecified atom stereocenters. The zero-order valence-electron chi connectivity index (χ0n) is 12.4. The highest BCUT2D eigenvalue weighted by Gasteiger charge is 2.14. The van der Waals surface area contributed by atoms with Gasteiger partial charge in [-0.15, -0.1) is 12.4 Å². The number of hydrogen-bond donors (Lipinski definition) is 2. The smallest absolute Gasteiger partial charge is 0.248 e. The summed E-state index contributed by atoms with van der Waals surface area (Å²) >= 11 is 0. The lowest BCUT2D eigenvalue weighted by Crippen LogP contribution is -2.34. The second kappa shape index (κ2) is 9.27. The summed E-state index contributed by atoms with van der Waals surface area (Å²) in [6, 6.07) is 6.58. The minimum atomic E-state index is -0.466. The molecule has 22 heavy (non-hydrogen) atoms. The first-order valence-electron chi connectivity index (χ1n) is 7.18. The molecule has 0 atom stereocenters. The molecule has 2 rings (SSSR count). The number of carbonyl (C=O) groups excluding carboxylic acids is 2. The maximum Gasteiger partial charge on any atom is 0.248 e. The third-order valence-electron chi connectivity index (χ3n) is 3.42. The first kappa shape index (κ1) is 18.3. The summed E-state index contributed by atoms with van der Waals surface area (Å²) in [4.78, 5) is 24.9. The third-order valence-corrected chi connectivity index (χ3v) is 3.42. The molecule has 3 N–H and O–H groups in total. The topological polar surface area (TPSA) is 84.7 Å². The van der Waals surface area contributed by atoms with Gasteiger partial charge in [0.05, 0.1) is 13.0 Å². The molecule has 0 aliphatic carbocycles. The van der Waals surface area contributed by atoms with Gasteiger partial charge in [0.25, 0.3) is 0 Å². The van der Waals surface area contributed by atoms with E-state index in [0.29, 0.717) is 24.3 Å². The number of hydrogen-bond acceptors (Lipinski definition) is 4. The number of nitrogens with one attached hydrogen (secondary N) is 1. The lowest BCUT2D eigenvalue weighted by atomic mass is 10.2. The normalized spacial score (nSPS) is 14.6. The Hall–Kier alpha value is -1.79. The molecule has 1 saturated heterocycles. The Bertz CT molecular complexity index is 485. The molecule has 0 spiro atoms. The predicted molar refractivity (Wildman–Crippen MR) is 86.4 cm³/mol. The molecule has 1 aliphatic heterocycles. The number of benzene rings is 1. The van der Waals surface area contributed by atoms with Gasteiger partial charge in [0.2, 0.25) is 11.8 Å². The first-order valence-corrected chi connectivity index (χ1v) is 7.18. The maximum absolute atomic E-state index is 12.0. The highest BCUT2D eigenvalue weighted by atomic mass is 35.5. The maximum atomic E-state index is 12.0. The Morgan fingerprint density at radius 3 is 2.59 bits per heavy atom. The molecule has 0 bridgehead atoms. The molecule has 1 aliphatic rings. The highest BCUT2D eigenvalue weighted by molar-refractivity contribution is 5.92. The van der Waals surface area contributed by atoms with E-state index in [0.717, 1.165) is 32.6 Å². The Labute approximate surface area is 136 Å². The van der Waals surface area contributed by atoms with Crippen LogP contribution in [0.3, 0.4) is 0 Å². The molecule has 122 valence electrons. The van der Waals surface area contributed by atoms with Crippen LogP contribution in [0.4, 0.5) is 0 Å². The summed E-state index contributed by atoms with van der Waals surface area (Å²) in [6.45, 7) is 3.71. The van der Waals surface area contributed by atoms with Gasteiger partial charge in [-0.2, -0.15) is 0 Å². The van der Waals surface area contributed by atoms with Crippen LogP contribution in [0.2, 0.25) is 0 Å². The van der Waals surface area contributed by atoms with Crippen LogP contribution in [0.1, 0.15) is 23.2 Å². The van der Waals surface area contributed by atoms with E-state index in [2.05, 4.69) is 5.32 Å². The second-order valence-electron chi connectivity index (χ2n) is 4.97. The van der Waals surface area contributed by atoms with Crippen molar-refractivity contribution in [2.75, 3.05) is 32.8 Å². The fourth-order valence-corrected chi connectivity index (χ4v) is 2.22. The van der Waals surface area contributed by atoms with Crippen molar-refractivity contribution in [3.8, 4) is 5.75 Å². The summed E-state index contributed by atoms with van der Waals surface area (Å²) in [5, 5.41) is 3.27. The number of primary amides is 1. The average molecular weight is 328 g/mol. The zero-order chi connectivity index (χ0) is 15.1. The van der Waals surface area contributed by atoms with Gasteiger partial charge in [0, 0.05) is 25.2 Å². The summed E-state index contributed by atoms with van der Waals surface area (Å²) in [5.41, 5.74) is 5.60. The van der Waals surface area contributed by atoms with Crippen LogP contribution >= 0.6 is 12.4 Å². The van der Waals surface area contributed by atoms with E-state index < -0.39 is 5.91 Å². The van der Waals surface area contributed by atoms with Crippen LogP contribution in [0.15, 0.2) is 24.3 Å². The van der Waals surface area contributed by atoms with Gasteiger partial charge in [0.1, 0.15) is 5.75 Å². The Balaban J connectivity index is 0.00000242. The van der Waals surface area contributed by atoms with Gasteiger partial charge in [-0.3, -0.25) is 9.59 Å². The number of rotatable bonds is 5. The first-order chi connectivity index (χ1) is 10.2. The molecule has 2 amide bonds. The average Bonchev–Trinajstić information content (AvgIpc) is 2.77. The van der Waals surface area contributed by atoms with E-state index in [1.165, 1.54) is 0 Å². The molecule has 0 saturated carbocycles. The van der Waals surface area contributed by atoms with Gasteiger partial charge in [-0.1, -0.05) is 0 Å².